The van der Waals surface area contributed by atoms with Gasteiger partial charge in [-0.25, -0.2) is 9.59 Å². The molecule has 10 heteroatoms. The van der Waals surface area contributed by atoms with Crippen molar-refractivity contribution in [1.82, 2.24) is 5.32 Å². The zero-order valence-electron chi connectivity index (χ0n) is 29.2. The van der Waals surface area contributed by atoms with Crippen molar-refractivity contribution in [3.8, 4) is 0 Å². The van der Waals surface area contributed by atoms with Crippen LogP contribution < -0.4 is 5.32 Å². The molecule has 3 atom stereocenters. The Bertz CT molecular complexity index is 958. The third-order valence-electron chi connectivity index (χ3n) is 8.48. The van der Waals surface area contributed by atoms with Gasteiger partial charge >= 0.3 is 11.9 Å². The maximum absolute atomic E-state index is 12.8. The van der Waals surface area contributed by atoms with Gasteiger partial charge in [-0.05, 0) is 44.2 Å². The molecule has 1 aliphatic carbocycles. The number of hydrogen-bond donors (Lipinski definition) is 1. The Morgan fingerprint density at radius 3 is 1.89 bits per heavy atom. The standard InChI is InChI=1S/C36H62N4O6/c1-5-9-10-11-12-13-14-15-16-17-18-19-20-21-22-23-26-45-34(42)25-24-33(41)38-35-31(39-40-37)27-29(36(43)44-8-4)28-32(35)46-30(6-2)7-3/h24-25,28,30-32,35H,5-23,26-27H2,1-4H3,(H,38,41)/b25-24+/t31-,32+,35+/m0/s1. The topological polar surface area (TPSA) is 140 Å². The minimum Gasteiger partial charge on any atom is -0.463 e. The number of ether oxygens (including phenoxy) is 3. The fraction of sp³-hybridized carbons (Fsp3) is 0.806. The summed E-state index contributed by atoms with van der Waals surface area (Å²) >= 11 is 0. The molecule has 0 aromatic carbocycles. The van der Waals surface area contributed by atoms with Crippen LogP contribution in [0.2, 0.25) is 0 Å². The molecule has 1 rings (SSSR count). The summed E-state index contributed by atoms with van der Waals surface area (Å²) in [6.07, 6.45) is 25.0. The first-order chi connectivity index (χ1) is 22.4. The van der Waals surface area contributed by atoms with Crippen LogP contribution in [-0.4, -0.2) is 55.4 Å². The largest absolute Gasteiger partial charge is 0.463 e. The second-order valence-corrected chi connectivity index (χ2v) is 12.3. The zero-order valence-corrected chi connectivity index (χ0v) is 29.2. The molecule has 1 amide bonds. The molecule has 262 valence electrons. The van der Waals surface area contributed by atoms with E-state index in [1.165, 1.54) is 83.5 Å². The van der Waals surface area contributed by atoms with Crippen LogP contribution in [0.15, 0.2) is 28.9 Å². The first-order valence-electron chi connectivity index (χ1n) is 18.1. The average Bonchev–Trinajstić information content (AvgIpc) is 3.05. The molecule has 0 aliphatic heterocycles. The van der Waals surface area contributed by atoms with Crippen LogP contribution in [-0.2, 0) is 28.6 Å². The molecule has 0 aromatic rings. The van der Waals surface area contributed by atoms with Crippen molar-refractivity contribution in [3.63, 3.8) is 0 Å². The van der Waals surface area contributed by atoms with Crippen LogP contribution in [0.25, 0.3) is 10.4 Å². The van der Waals surface area contributed by atoms with E-state index in [4.69, 9.17) is 14.2 Å². The highest BCUT2D eigenvalue weighted by Gasteiger charge is 2.37. The van der Waals surface area contributed by atoms with Crippen molar-refractivity contribution in [1.29, 1.82) is 0 Å². The molecule has 46 heavy (non-hydrogen) atoms. The second kappa shape index (κ2) is 27.3. The number of rotatable bonds is 27. The van der Waals surface area contributed by atoms with Crippen LogP contribution in [0.5, 0.6) is 0 Å². The van der Waals surface area contributed by atoms with Gasteiger partial charge in [-0.15, -0.1) is 0 Å². The van der Waals surface area contributed by atoms with Crippen molar-refractivity contribution >= 4 is 17.8 Å². The summed E-state index contributed by atoms with van der Waals surface area (Å²) < 4.78 is 16.6. The van der Waals surface area contributed by atoms with Gasteiger partial charge in [-0.3, -0.25) is 4.79 Å². The molecule has 1 N–H and O–H groups in total. The summed E-state index contributed by atoms with van der Waals surface area (Å²) in [5.41, 5.74) is 9.51. The number of azide groups is 1. The Morgan fingerprint density at radius 1 is 0.848 bits per heavy atom. The number of nitrogens with zero attached hydrogens (tertiary/aromatic N) is 3. The maximum Gasteiger partial charge on any atom is 0.333 e. The predicted octanol–water partition coefficient (Wildman–Crippen LogP) is 8.98. The summed E-state index contributed by atoms with van der Waals surface area (Å²) in [4.78, 5) is 40.4. The minimum atomic E-state index is -0.770. The Morgan fingerprint density at radius 2 is 1.39 bits per heavy atom. The summed E-state index contributed by atoms with van der Waals surface area (Å²) in [5.74, 6) is -1.63. The molecule has 0 radical (unpaired) electrons. The molecular formula is C36H62N4O6. The number of carbonyl (C=O) groups is 3. The lowest BCUT2D eigenvalue weighted by atomic mass is 9.88. The van der Waals surface area contributed by atoms with E-state index in [-0.39, 0.29) is 19.1 Å². The van der Waals surface area contributed by atoms with Gasteiger partial charge in [0.1, 0.15) is 0 Å². The van der Waals surface area contributed by atoms with Gasteiger partial charge in [0, 0.05) is 22.6 Å². The van der Waals surface area contributed by atoms with Gasteiger partial charge in [0.05, 0.1) is 37.5 Å². The monoisotopic (exact) mass is 646 g/mol. The number of nitrogens with one attached hydrogen (secondary N) is 1. The lowest BCUT2D eigenvalue weighted by molar-refractivity contribution is -0.139. The van der Waals surface area contributed by atoms with Gasteiger partial charge in [-0.2, -0.15) is 0 Å². The lowest BCUT2D eigenvalue weighted by Gasteiger charge is -2.36. The third kappa shape index (κ3) is 19.0. The third-order valence-corrected chi connectivity index (χ3v) is 8.48. The summed E-state index contributed by atoms with van der Waals surface area (Å²) in [6, 6.07) is -1.50. The normalized spacial score (nSPS) is 17.8. The lowest BCUT2D eigenvalue weighted by Crippen LogP contribution is -2.53. The SMILES string of the molecule is CCCCCCCCCCCCCCCCCCOC(=O)/C=C/C(=O)N[C@@H]1[C@@H](N=[N+]=[N-])CC(C(=O)OCC)=C[C@H]1OC(CC)CC. The van der Waals surface area contributed by atoms with Gasteiger partial charge < -0.3 is 19.5 Å². The van der Waals surface area contributed by atoms with Crippen molar-refractivity contribution in [2.75, 3.05) is 13.2 Å². The van der Waals surface area contributed by atoms with E-state index in [0.717, 1.165) is 44.3 Å². The van der Waals surface area contributed by atoms with E-state index >= 15 is 0 Å². The number of hydrogen-bond acceptors (Lipinski definition) is 7. The molecule has 0 aromatic heterocycles. The van der Waals surface area contributed by atoms with E-state index in [1.807, 2.05) is 13.8 Å². The van der Waals surface area contributed by atoms with E-state index < -0.39 is 36.0 Å². The van der Waals surface area contributed by atoms with Crippen LogP contribution in [0.4, 0.5) is 0 Å². The Balaban J connectivity index is 2.37. The first kappa shape index (κ1) is 41.2. The molecule has 0 heterocycles. The highest BCUT2D eigenvalue weighted by molar-refractivity contribution is 5.95. The molecule has 0 spiro atoms. The Kier molecular flexibility index (Phi) is 24.4. The predicted molar refractivity (Wildman–Crippen MR) is 183 cm³/mol. The van der Waals surface area contributed by atoms with Crippen LogP contribution in [0, 0.1) is 0 Å². The highest BCUT2D eigenvalue weighted by Crippen LogP contribution is 2.27. The maximum atomic E-state index is 12.8. The van der Waals surface area contributed by atoms with Crippen molar-refractivity contribution in [3.05, 3.63) is 34.2 Å². The number of amides is 1. The fourth-order valence-corrected chi connectivity index (χ4v) is 5.73. The van der Waals surface area contributed by atoms with Crippen LogP contribution in [0.1, 0.15) is 150 Å². The van der Waals surface area contributed by atoms with Crippen LogP contribution >= 0.6 is 0 Å². The number of esters is 2. The average molecular weight is 647 g/mol. The van der Waals surface area contributed by atoms with Gasteiger partial charge in [0.25, 0.3) is 0 Å². The van der Waals surface area contributed by atoms with Gasteiger partial charge in [-0.1, -0.05) is 122 Å². The van der Waals surface area contributed by atoms with Crippen molar-refractivity contribution < 1.29 is 28.6 Å². The summed E-state index contributed by atoms with van der Waals surface area (Å²) in [5, 5.41) is 6.66. The molecule has 0 saturated heterocycles. The quantitative estimate of drug-likeness (QED) is 0.0236. The second-order valence-electron chi connectivity index (χ2n) is 12.3. The van der Waals surface area contributed by atoms with E-state index in [0.29, 0.717) is 12.2 Å². The smallest absolute Gasteiger partial charge is 0.333 e. The molecule has 1 aliphatic rings. The highest BCUT2D eigenvalue weighted by atomic mass is 16.5. The zero-order chi connectivity index (χ0) is 33.8. The molecule has 10 nitrogen and oxygen atoms in total. The molecular weight excluding hydrogens is 584 g/mol. The van der Waals surface area contributed by atoms with E-state index in [9.17, 15) is 19.9 Å². The number of carbonyl (C=O) groups excluding carboxylic acids is 3. The summed E-state index contributed by atoms with van der Waals surface area (Å²) in [7, 11) is 0. The molecule has 0 saturated carbocycles. The van der Waals surface area contributed by atoms with Crippen molar-refractivity contribution in [2.24, 2.45) is 5.11 Å². The molecule has 0 unspecified atom stereocenters. The van der Waals surface area contributed by atoms with Crippen LogP contribution in [0.3, 0.4) is 0 Å². The molecule has 0 fully saturated rings. The Hall–Kier alpha value is -2.84. The van der Waals surface area contributed by atoms with E-state index in [1.54, 1.807) is 13.0 Å². The van der Waals surface area contributed by atoms with E-state index in [2.05, 4.69) is 22.3 Å². The number of unbranched alkanes of at least 4 members (excludes halogenated alkanes) is 15. The molecule has 0 bridgehead atoms. The fourth-order valence-electron chi connectivity index (χ4n) is 5.73. The van der Waals surface area contributed by atoms with Gasteiger partial charge in [0.2, 0.25) is 5.91 Å². The van der Waals surface area contributed by atoms with Gasteiger partial charge in [0.15, 0.2) is 0 Å². The minimum absolute atomic E-state index is 0.0989. The Labute approximate surface area is 278 Å². The summed E-state index contributed by atoms with van der Waals surface area (Å²) in [6.45, 7) is 8.47. The first-order valence-corrected chi connectivity index (χ1v) is 18.1. The van der Waals surface area contributed by atoms with Crippen molar-refractivity contribution in [2.45, 2.75) is 174 Å².